The van der Waals surface area contributed by atoms with Gasteiger partial charge in [0.2, 0.25) is 0 Å². The van der Waals surface area contributed by atoms with Crippen LogP contribution in [-0.4, -0.2) is 63.7 Å². The van der Waals surface area contributed by atoms with Crippen LogP contribution in [0.1, 0.15) is 31.1 Å². The maximum Gasteiger partial charge on any atom is 0.256 e. The Balaban J connectivity index is 1.74. The molecule has 1 aliphatic rings. The van der Waals surface area contributed by atoms with Gasteiger partial charge in [0, 0.05) is 56.4 Å². The number of para-hydroxylation sites is 1. The minimum absolute atomic E-state index is 0.112. The van der Waals surface area contributed by atoms with Gasteiger partial charge >= 0.3 is 0 Å². The van der Waals surface area contributed by atoms with E-state index in [9.17, 15) is 9.90 Å². The highest BCUT2D eigenvalue weighted by molar-refractivity contribution is 6.07. The number of fused-ring (bicyclic) bond motifs is 1. The average molecular weight is 329 g/mol. The van der Waals surface area contributed by atoms with Gasteiger partial charge in [-0.05, 0) is 26.8 Å². The lowest BCUT2D eigenvalue weighted by molar-refractivity contribution is 0.0179. The summed E-state index contributed by atoms with van der Waals surface area (Å²) in [6.07, 6.45) is 1.98. The van der Waals surface area contributed by atoms with Crippen molar-refractivity contribution in [3.63, 3.8) is 0 Å². The molecule has 1 aliphatic heterocycles. The van der Waals surface area contributed by atoms with Crippen LogP contribution in [-0.2, 0) is 6.54 Å². The molecule has 0 aliphatic carbocycles. The Morgan fingerprint density at radius 3 is 2.46 bits per heavy atom. The van der Waals surface area contributed by atoms with Crippen molar-refractivity contribution in [2.24, 2.45) is 0 Å². The van der Waals surface area contributed by atoms with Gasteiger partial charge in [-0.15, -0.1) is 0 Å². The lowest BCUT2D eigenvalue weighted by atomic mass is 10.1. The zero-order chi connectivity index (χ0) is 17.3. The normalized spacial score (nSPS) is 16.8. The number of hydrogen-bond acceptors (Lipinski definition) is 3. The maximum absolute atomic E-state index is 13.0. The van der Waals surface area contributed by atoms with Crippen molar-refractivity contribution in [2.75, 3.05) is 32.7 Å². The topological polar surface area (TPSA) is 48.7 Å². The standard InChI is InChI=1S/C19H27N3O2/c1-4-21-13-16(15-7-5-6-8-17(15)21)18(23)22-11-9-20(10-12-22)14-19(2,3)24/h5-8,13,24H,4,9-12,14H2,1-3H3. The first-order chi connectivity index (χ1) is 11.4. The fraction of sp³-hybridized carbons (Fsp3) is 0.526. The van der Waals surface area contributed by atoms with Crippen LogP contribution in [0.4, 0.5) is 0 Å². The summed E-state index contributed by atoms with van der Waals surface area (Å²) in [5.74, 6) is 0.112. The SMILES string of the molecule is CCn1cc(C(=O)N2CCN(CC(C)(C)O)CC2)c2ccccc21. The monoisotopic (exact) mass is 329 g/mol. The molecule has 1 fully saturated rings. The molecule has 0 radical (unpaired) electrons. The molecule has 1 aromatic heterocycles. The zero-order valence-electron chi connectivity index (χ0n) is 14.8. The van der Waals surface area contributed by atoms with Crippen molar-refractivity contribution in [1.29, 1.82) is 0 Å². The molecule has 5 nitrogen and oxygen atoms in total. The molecule has 130 valence electrons. The number of amides is 1. The van der Waals surface area contributed by atoms with Crippen LogP contribution < -0.4 is 0 Å². The Hall–Kier alpha value is -1.85. The quantitative estimate of drug-likeness (QED) is 0.935. The summed E-state index contributed by atoms with van der Waals surface area (Å²) >= 11 is 0. The molecule has 2 aromatic rings. The van der Waals surface area contributed by atoms with Gasteiger partial charge in [-0.25, -0.2) is 0 Å². The Labute approximate surface area is 143 Å². The molecule has 3 rings (SSSR count). The number of β-amino-alcohol motifs (C(OH)–C–C–N with tert-alkyl or cyclic N) is 1. The molecule has 0 unspecified atom stereocenters. The Morgan fingerprint density at radius 2 is 1.83 bits per heavy atom. The third-order valence-electron chi connectivity index (χ3n) is 4.63. The summed E-state index contributed by atoms with van der Waals surface area (Å²) in [5.41, 5.74) is 1.22. The summed E-state index contributed by atoms with van der Waals surface area (Å²) in [6, 6.07) is 8.09. The minimum Gasteiger partial charge on any atom is -0.389 e. The summed E-state index contributed by atoms with van der Waals surface area (Å²) in [4.78, 5) is 17.1. The van der Waals surface area contributed by atoms with E-state index in [4.69, 9.17) is 0 Å². The fourth-order valence-electron chi connectivity index (χ4n) is 3.51. The van der Waals surface area contributed by atoms with E-state index >= 15 is 0 Å². The van der Waals surface area contributed by atoms with E-state index in [-0.39, 0.29) is 5.91 Å². The van der Waals surface area contributed by atoms with Crippen LogP contribution in [0.15, 0.2) is 30.5 Å². The van der Waals surface area contributed by atoms with E-state index in [0.717, 1.165) is 36.1 Å². The molecule has 1 saturated heterocycles. The predicted octanol–water partition coefficient (Wildman–Crippen LogP) is 2.19. The fourth-order valence-corrected chi connectivity index (χ4v) is 3.51. The molecule has 1 N–H and O–H groups in total. The third kappa shape index (κ3) is 3.47. The van der Waals surface area contributed by atoms with Crippen LogP contribution in [0.3, 0.4) is 0 Å². The van der Waals surface area contributed by atoms with E-state index in [0.29, 0.717) is 19.6 Å². The second-order valence-electron chi connectivity index (χ2n) is 7.23. The van der Waals surface area contributed by atoms with E-state index in [2.05, 4.69) is 22.5 Å². The van der Waals surface area contributed by atoms with E-state index < -0.39 is 5.60 Å². The second-order valence-corrected chi connectivity index (χ2v) is 7.23. The summed E-state index contributed by atoms with van der Waals surface area (Å²) in [6.45, 7) is 10.3. The van der Waals surface area contributed by atoms with Gasteiger partial charge in [0.05, 0.1) is 11.2 Å². The largest absolute Gasteiger partial charge is 0.389 e. The highest BCUT2D eigenvalue weighted by atomic mass is 16.3. The van der Waals surface area contributed by atoms with Gasteiger partial charge in [-0.3, -0.25) is 9.69 Å². The maximum atomic E-state index is 13.0. The highest BCUT2D eigenvalue weighted by Gasteiger charge is 2.27. The molecule has 0 bridgehead atoms. The number of aryl methyl sites for hydroxylation is 1. The summed E-state index contributed by atoms with van der Waals surface area (Å²) < 4.78 is 2.13. The Kier molecular flexibility index (Phi) is 4.65. The molecule has 5 heteroatoms. The van der Waals surface area contributed by atoms with E-state index in [1.54, 1.807) is 0 Å². The van der Waals surface area contributed by atoms with Gasteiger partial charge in [0.15, 0.2) is 0 Å². The van der Waals surface area contributed by atoms with Crippen molar-refractivity contribution < 1.29 is 9.90 Å². The first-order valence-electron chi connectivity index (χ1n) is 8.71. The third-order valence-corrected chi connectivity index (χ3v) is 4.63. The van der Waals surface area contributed by atoms with Gasteiger partial charge in [-0.2, -0.15) is 0 Å². The van der Waals surface area contributed by atoms with Crippen LogP contribution >= 0.6 is 0 Å². The van der Waals surface area contributed by atoms with Gasteiger partial charge < -0.3 is 14.6 Å². The van der Waals surface area contributed by atoms with Gasteiger partial charge in [0.1, 0.15) is 0 Å². The number of benzene rings is 1. The summed E-state index contributed by atoms with van der Waals surface area (Å²) in [7, 11) is 0. The highest BCUT2D eigenvalue weighted by Crippen LogP contribution is 2.23. The lowest BCUT2D eigenvalue weighted by Crippen LogP contribution is -2.51. The molecule has 24 heavy (non-hydrogen) atoms. The van der Waals surface area contributed by atoms with Crippen LogP contribution in [0.2, 0.25) is 0 Å². The van der Waals surface area contributed by atoms with Crippen LogP contribution in [0.5, 0.6) is 0 Å². The molecule has 2 heterocycles. The number of carbonyl (C=O) groups is 1. The van der Waals surface area contributed by atoms with Gasteiger partial charge in [-0.1, -0.05) is 18.2 Å². The average Bonchev–Trinajstić information content (AvgIpc) is 2.92. The summed E-state index contributed by atoms with van der Waals surface area (Å²) in [5, 5.41) is 11.0. The molecule has 0 spiro atoms. The van der Waals surface area contributed by atoms with Crippen molar-refractivity contribution in [1.82, 2.24) is 14.4 Å². The number of aromatic nitrogens is 1. The van der Waals surface area contributed by atoms with Crippen molar-refractivity contribution in [2.45, 2.75) is 32.9 Å². The smallest absolute Gasteiger partial charge is 0.256 e. The van der Waals surface area contributed by atoms with E-state index in [1.807, 2.05) is 43.1 Å². The number of carbonyl (C=O) groups excluding carboxylic acids is 1. The number of nitrogens with zero attached hydrogens (tertiary/aromatic N) is 3. The zero-order valence-corrected chi connectivity index (χ0v) is 14.8. The lowest BCUT2D eigenvalue weighted by Gasteiger charge is -2.37. The molecule has 0 atom stereocenters. The first kappa shape index (κ1) is 17.0. The number of rotatable bonds is 4. The van der Waals surface area contributed by atoms with Crippen molar-refractivity contribution in [3.8, 4) is 0 Å². The molecule has 1 amide bonds. The van der Waals surface area contributed by atoms with Crippen LogP contribution in [0, 0.1) is 0 Å². The van der Waals surface area contributed by atoms with E-state index in [1.165, 1.54) is 0 Å². The second kappa shape index (κ2) is 6.57. The first-order valence-corrected chi connectivity index (χ1v) is 8.71. The Morgan fingerprint density at radius 1 is 1.17 bits per heavy atom. The van der Waals surface area contributed by atoms with Crippen LogP contribution in [0.25, 0.3) is 10.9 Å². The number of aliphatic hydroxyl groups is 1. The molecule has 0 saturated carbocycles. The van der Waals surface area contributed by atoms with Crippen molar-refractivity contribution in [3.05, 3.63) is 36.0 Å². The molecule has 1 aromatic carbocycles. The number of piperazine rings is 1. The Bertz CT molecular complexity index is 722. The van der Waals surface area contributed by atoms with Gasteiger partial charge in [0.25, 0.3) is 5.91 Å². The number of hydrogen-bond donors (Lipinski definition) is 1. The minimum atomic E-state index is -0.694. The predicted molar refractivity (Wildman–Crippen MR) is 96.3 cm³/mol. The van der Waals surface area contributed by atoms with Crippen molar-refractivity contribution >= 4 is 16.8 Å². The molecular weight excluding hydrogens is 302 g/mol. The molecular formula is C19H27N3O2.